The molecule has 1 heterocycles. The molecule has 1 unspecified atom stereocenters. The average molecular weight is 226 g/mol. The van der Waals surface area contributed by atoms with Gasteiger partial charge in [-0.1, -0.05) is 13.8 Å². The fourth-order valence-corrected chi connectivity index (χ4v) is 1.20. The molecule has 0 spiro atoms. The Morgan fingerprint density at radius 1 is 1.44 bits per heavy atom. The van der Waals surface area contributed by atoms with Crippen molar-refractivity contribution >= 4 is 17.8 Å². The van der Waals surface area contributed by atoms with Crippen LogP contribution in [0.2, 0.25) is 0 Å². The van der Waals surface area contributed by atoms with Crippen molar-refractivity contribution in [2.24, 2.45) is 5.92 Å². The summed E-state index contributed by atoms with van der Waals surface area (Å²) in [6.07, 6.45) is 0. The Balaban J connectivity index is 2.73. The van der Waals surface area contributed by atoms with Crippen LogP contribution in [0.4, 0.5) is 5.88 Å². The van der Waals surface area contributed by atoms with Crippen LogP contribution in [0.25, 0.3) is 0 Å². The maximum absolute atomic E-state index is 11.6. The van der Waals surface area contributed by atoms with E-state index in [-0.39, 0.29) is 17.6 Å². The van der Waals surface area contributed by atoms with E-state index in [0.717, 1.165) is 0 Å². The van der Waals surface area contributed by atoms with Gasteiger partial charge in [-0.3, -0.25) is 4.79 Å². The smallest absolute Gasteiger partial charge is 0.326 e. The first-order valence-corrected chi connectivity index (χ1v) is 4.80. The summed E-state index contributed by atoms with van der Waals surface area (Å²) in [7, 11) is 0. The maximum Gasteiger partial charge on any atom is 0.326 e. The third-order valence-corrected chi connectivity index (χ3v) is 2.07. The number of carbonyl (C=O) groups is 2. The van der Waals surface area contributed by atoms with E-state index in [4.69, 9.17) is 15.3 Å². The molecule has 0 bridgehead atoms. The lowest BCUT2D eigenvalue weighted by atomic mass is 10.0. The van der Waals surface area contributed by atoms with Gasteiger partial charge in [0, 0.05) is 6.07 Å². The molecule has 6 heteroatoms. The Morgan fingerprint density at radius 3 is 2.44 bits per heavy atom. The minimum Gasteiger partial charge on any atom is -0.480 e. The van der Waals surface area contributed by atoms with Crippen molar-refractivity contribution in [3.05, 3.63) is 17.9 Å². The summed E-state index contributed by atoms with van der Waals surface area (Å²) in [5.74, 6) is -1.76. The summed E-state index contributed by atoms with van der Waals surface area (Å²) >= 11 is 0. The quantitative estimate of drug-likeness (QED) is 0.700. The topological polar surface area (TPSA) is 106 Å². The maximum atomic E-state index is 11.6. The minimum absolute atomic E-state index is 0.00407. The highest BCUT2D eigenvalue weighted by atomic mass is 16.4. The first-order valence-electron chi connectivity index (χ1n) is 4.80. The molecule has 0 aliphatic heterocycles. The zero-order chi connectivity index (χ0) is 12.3. The molecule has 0 fully saturated rings. The van der Waals surface area contributed by atoms with Crippen molar-refractivity contribution in [2.75, 3.05) is 5.73 Å². The van der Waals surface area contributed by atoms with E-state index in [1.807, 2.05) is 0 Å². The number of nitrogen functional groups attached to an aromatic ring is 1. The molecule has 1 aromatic rings. The number of carboxylic acids is 1. The predicted octanol–water partition coefficient (Wildman–Crippen LogP) is 0.701. The van der Waals surface area contributed by atoms with E-state index < -0.39 is 17.9 Å². The number of hydrogen-bond donors (Lipinski definition) is 3. The van der Waals surface area contributed by atoms with Gasteiger partial charge in [0.15, 0.2) is 11.6 Å². The van der Waals surface area contributed by atoms with Crippen LogP contribution in [0, 0.1) is 5.92 Å². The normalized spacial score (nSPS) is 12.4. The van der Waals surface area contributed by atoms with Gasteiger partial charge in [0.1, 0.15) is 6.04 Å². The van der Waals surface area contributed by atoms with Crippen molar-refractivity contribution in [3.8, 4) is 0 Å². The Morgan fingerprint density at radius 2 is 2.06 bits per heavy atom. The van der Waals surface area contributed by atoms with Crippen molar-refractivity contribution in [1.82, 2.24) is 5.32 Å². The lowest BCUT2D eigenvalue weighted by Crippen LogP contribution is -2.44. The monoisotopic (exact) mass is 226 g/mol. The highest BCUT2D eigenvalue weighted by Gasteiger charge is 2.24. The molecule has 0 saturated carbocycles. The number of rotatable bonds is 4. The van der Waals surface area contributed by atoms with Gasteiger partial charge in [-0.15, -0.1) is 0 Å². The fourth-order valence-electron chi connectivity index (χ4n) is 1.20. The first kappa shape index (κ1) is 12.1. The molecular formula is C10H14N2O4. The number of furan rings is 1. The molecule has 1 atom stereocenters. The minimum atomic E-state index is -1.08. The third kappa shape index (κ3) is 2.75. The van der Waals surface area contributed by atoms with Crippen LogP contribution in [-0.4, -0.2) is 23.0 Å². The van der Waals surface area contributed by atoms with Crippen LogP contribution >= 0.6 is 0 Å². The van der Waals surface area contributed by atoms with Crippen LogP contribution in [-0.2, 0) is 4.79 Å². The molecule has 1 aromatic heterocycles. The van der Waals surface area contributed by atoms with Crippen LogP contribution in [0.15, 0.2) is 16.5 Å². The molecule has 88 valence electrons. The number of nitrogens with two attached hydrogens (primary N) is 1. The molecular weight excluding hydrogens is 212 g/mol. The Hall–Kier alpha value is -1.98. The molecule has 0 aliphatic rings. The van der Waals surface area contributed by atoms with Gasteiger partial charge in [0.2, 0.25) is 0 Å². The molecule has 6 nitrogen and oxygen atoms in total. The van der Waals surface area contributed by atoms with E-state index in [0.29, 0.717) is 0 Å². The second-order valence-electron chi connectivity index (χ2n) is 3.74. The lowest BCUT2D eigenvalue weighted by molar-refractivity contribution is -0.140. The highest BCUT2D eigenvalue weighted by Crippen LogP contribution is 2.10. The summed E-state index contributed by atoms with van der Waals surface area (Å²) in [4.78, 5) is 22.4. The first-order chi connectivity index (χ1) is 7.41. The van der Waals surface area contributed by atoms with Gasteiger partial charge in [-0.2, -0.15) is 0 Å². The largest absolute Gasteiger partial charge is 0.480 e. The van der Waals surface area contributed by atoms with Crippen LogP contribution in [0.3, 0.4) is 0 Å². The summed E-state index contributed by atoms with van der Waals surface area (Å²) in [6, 6.07) is 1.88. The van der Waals surface area contributed by atoms with Gasteiger partial charge in [-0.25, -0.2) is 4.79 Å². The second kappa shape index (κ2) is 4.69. The molecule has 0 radical (unpaired) electrons. The fraction of sp³-hybridized carbons (Fsp3) is 0.400. The van der Waals surface area contributed by atoms with Gasteiger partial charge in [-0.05, 0) is 12.0 Å². The number of hydrogen-bond acceptors (Lipinski definition) is 4. The average Bonchev–Trinajstić information content (AvgIpc) is 2.59. The zero-order valence-corrected chi connectivity index (χ0v) is 9.06. The van der Waals surface area contributed by atoms with E-state index in [9.17, 15) is 9.59 Å². The molecule has 0 aromatic carbocycles. The van der Waals surface area contributed by atoms with Crippen LogP contribution < -0.4 is 11.1 Å². The standard InChI is InChI=1S/C10H14N2O4/c1-5(2)8(10(14)15)12-9(13)6-3-4-7(11)16-6/h3-5,8H,11H2,1-2H3,(H,12,13)(H,14,15). The molecule has 16 heavy (non-hydrogen) atoms. The third-order valence-electron chi connectivity index (χ3n) is 2.07. The number of aliphatic carboxylic acids is 1. The highest BCUT2D eigenvalue weighted by molar-refractivity contribution is 5.94. The van der Waals surface area contributed by atoms with Crippen molar-refractivity contribution in [2.45, 2.75) is 19.9 Å². The lowest BCUT2D eigenvalue weighted by Gasteiger charge is -2.16. The van der Waals surface area contributed by atoms with Crippen molar-refractivity contribution < 1.29 is 19.1 Å². The van der Waals surface area contributed by atoms with Gasteiger partial charge in [0.05, 0.1) is 0 Å². The van der Waals surface area contributed by atoms with Gasteiger partial charge < -0.3 is 20.6 Å². The number of carboxylic acid groups (broad SMARTS) is 1. The van der Waals surface area contributed by atoms with E-state index in [1.54, 1.807) is 13.8 Å². The molecule has 1 rings (SSSR count). The second-order valence-corrected chi connectivity index (χ2v) is 3.74. The molecule has 0 saturated heterocycles. The van der Waals surface area contributed by atoms with Crippen molar-refractivity contribution in [1.29, 1.82) is 0 Å². The number of nitrogens with one attached hydrogen (secondary N) is 1. The predicted molar refractivity (Wildman–Crippen MR) is 56.8 cm³/mol. The van der Waals surface area contributed by atoms with Crippen LogP contribution in [0.1, 0.15) is 24.4 Å². The van der Waals surface area contributed by atoms with Crippen LogP contribution in [0.5, 0.6) is 0 Å². The van der Waals surface area contributed by atoms with Crippen molar-refractivity contribution in [3.63, 3.8) is 0 Å². The summed E-state index contributed by atoms with van der Waals surface area (Å²) in [6.45, 7) is 3.41. The number of anilines is 1. The molecule has 1 amide bonds. The summed E-state index contributed by atoms with van der Waals surface area (Å²) in [5.41, 5.74) is 5.30. The van der Waals surface area contributed by atoms with E-state index in [2.05, 4.69) is 5.32 Å². The Kier molecular flexibility index (Phi) is 3.55. The molecule has 4 N–H and O–H groups in total. The van der Waals surface area contributed by atoms with E-state index >= 15 is 0 Å². The molecule has 0 aliphatic carbocycles. The Bertz CT molecular complexity index is 397. The summed E-state index contributed by atoms with van der Waals surface area (Å²) in [5, 5.41) is 11.2. The van der Waals surface area contributed by atoms with Gasteiger partial charge >= 0.3 is 5.97 Å². The van der Waals surface area contributed by atoms with E-state index in [1.165, 1.54) is 12.1 Å². The summed E-state index contributed by atoms with van der Waals surface area (Å²) < 4.78 is 4.88. The van der Waals surface area contributed by atoms with Gasteiger partial charge in [0.25, 0.3) is 5.91 Å². The number of carbonyl (C=O) groups excluding carboxylic acids is 1. The Labute approximate surface area is 92.4 Å². The zero-order valence-electron chi connectivity index (χ0n) is 9.06. The SMILES string of the molecule is CC(C)C(NC(=O)c1ccc(N)o1)C(=O)O. The number of amides is 1.